The van der Waals surface area contributed by atoms with Crippen molar-refractivity contribution in [1.29, 1.82) is 0 Å². The van der Waals surface area contributed by atoms with Crippen molar-refractivity contribution < 1.29 is 9.47 Å². The van der Waals surface area contributed by atoms with Gasteiger partial charge >= 0.3 is 0 Å². The molecule has 0 saturated heterocycles. The molecule has 0 atom stereocenters. The summed E-state index contributed by atoms with van der Waals surface area (Å²) in [7, 11) is 0. The molecule has 0 aliphatic carbocycles. The topological polar surface area (TPSA) is 33.7 Å². The second kappa shape index (κ2) is 20.0. The molecule has 0 spiro atoms. The van der Waals surface area contributed by atoms with Crippen molar-refractivity contribution >= 4 is 24.8 Å². The van der Waals surface area contributed by atoms with Crippen LogP contribution in [0.5, 0.6) is 11.5 Å². The molecule has 188 valence electrons. The molecule has 0 bridgehead atoms. The van der Waals surface area contributed by atoms with Crippen molar-refractivity contribution in [2.24, 2.45) is 0 Å². The Hall–Kier alpha value is -1.46. The van der Waals surface area contributed by atoms with Gasteiger partial charge in [-0.05, 0) is 64.0 Å². The third kappa shape index (κ3) is 12.5. The van der Waals surface area contributed by atoms with Gasteiger partial charge in [-0.15, -0.1) is 24.8 Å². The maximum Gasteiger partial charge on any atom is 0.166 e. The first-order chi connectivity index (χ1) is 15.3. The van der Waals surface area contributed by atoms with E-state index >= 15 is 0 Å². The molecule has 0 amide bonds. The van der Waals surface area contributed by atoms with Crippen LogP contribution < -0.4 is 14.8 Å². The Labute approximate surface area is 214 Å². The van der Waals surface area contributed by atoms with Crippen LogP contribution in [0.4, 0.5) is 0 Å². The molecule has 0 radical (unpaired) electrons. The van der Waals surface area contributed by atoms with Gasteiger partial charge < -0.3 is 19.7 Å². The Morgan fingerprint density at radius 1 is 0.758 bits per heavy atom. The highest BCUT2D eigenvalue weighted by Gasteiger charge is 2.11. The smallest absolute Gasteiger partial charge is 0.166 e. The fraction of sp³-hybridized carbons (Fsp3) is 0.556. The number of ether oxygens (including phenoxy) is 2. The van der Waals surface area contributed by atoms with E-state index in [2.05, 4.69) is 48.3 Å². The van der Waals surface area contributed by atoms with Gasteiger partial charge in [0.2, 0.25) is 0 Å². The first-order valence-electron chi connectivity index (χ1n) is 12.1. The third-order valence-corrected chi connectivity index (χ3v) is 5.39. The number of unbranched alkanes of at least 4 members (excludes halogenated alkanes) is 2. The van der Waals surface area contributed by atoms with Crippen LogP contribution in [0.15, 0.2) is 48.5 Å². The van der Waals surface area contributed by atoms with E-state index in [0.29, 0.717) is 13.2 Å². The van der Waals surface area contributed by atoms with Crippen molar-refractivity contribution in [3.63, 3.8) is 0 Å². The number of para-hydroxylation sites is 1. The largest absolute Gasteiger partial charge is 0.490 e. The van der Waals surface area contributed by atoms with Crippen LogP contribution >= 0.6 is 24.8 Å². The first kappa shape index (κ1) is 31.5. The summed E-state index contributed by atoms with van der Waals surface area (Å²) in [6, 6.07) is 16.5. The standard InChI is InChI=1S/C27H42N2O2.2ClH/c1-4-7-19-29(20-8-5-2)21-13-18-28-22-25-16-12-17-26(30-6-3)27(25)31-23-24-14-10-9-11-15-24;;/h9-12,14-17,28H,4-8,13,18-23H2,1-3H3;2*1H. The summed E-state index contributed by atoms with van der Waals surface area (Å²) in [6.07, 6.45) is 6.29. The molecular formula is C27H44Cl2N2O2. The van der Waals surface area contributed by atoms with E-state index in [1.807, 2.05) is 31.2 Å². The Morgan fingerprint density at radius 2 is 1.42 bits per heavy atom. The van der Waals surface area contributed by atoms with Gasteiger partial charge in [0, 0.05) is 12.1 Å². The Bertz CT molecular complexity index is 709. The second-order valence-corrected chi connectivity index (χ2v) is 8.03. The third-order valence-electron chi connectivity index (χ3n) is 5.39. The van der Waals surface area contributed by atoms with Crippen molar-refractivity contribution in [2.75, 3.05) is 32.8 Å². The average molecular weight is 500 g/mol. The van der Waals surface area contributed by atoms with E-state index in [4.69, 9.17) is 9.47 Å². The van der Waals surface area contributed by atoms with E-state index in [-0.39, 0.29) is 24.8 Å². The molecule has 0 saturated carbocycles. The van der Waals surface area contributed by atoms with E-state index < -0.39 is 0 Å². The minimum atomic E-state index is 0. The van der Waals surface area contributed by atoms with E-state index in [1.165, 1.54) is 51.7 Å². The Balaban J connectivity index is 0.00000512. The van der Waals surface area contributed by atoms with Crippen molar-refractivity contribution in [1.82, 2.24) is 10.2 Å². The molecule has 6 heteroatoms. The first-order valence-corrected chi connectivity index (χ1v) is 12.1. The number of hydrogen-bond acceptors (Lipinski definition) is 4. The summed E-state index contributed by atoms with van der Waals surface area (Å²) in [5.74, 6) is 1.68. The molecule has 0 heterocycles. The van der Waals surface area contributed by atoms with Crippen LogP contribution in [0.3, 0.4) is 0 Å². The average Bonchev–Trinajstić information content (AvgIpc) is 2.80. The highest BCUT2D eigenvalue weighted by Crippen LogP contribution is 2.32. The van der Waals surface area contributed by atoms with Gasteiger partial charge in [-0.25, -0.2) is 0 Å². The number of nitrogens with zero attached hydrogens (tertiary/aromatic N) is 1. The van der Waals surface area contributed by atoms with Crippen LogP contribution in [0, 0.1) is 0 Å². The lowest BCUT2D eigenvalue weighted by Crippen LogP contribution is -2.29. The fourth-order valence-electron chi connectivity index (χ4n) is 3.61. The van der Waals surface area contributed by atoms with Gasteiger partial charge in [0.15, 0.2) is 11.5 Å². The Kier molecular flexibility index (Phi) is 19.1. The summed E-state index contributed by atoms with van der Waals surface area (Å²) >= 11 is 0. The van der Waals surface area contributed by atoms with Crippen LogP contribution in [0.1, 0.15) is 64.0 Å². The van der Waals surface area contributed by atoms with Crippen LogP contribution in [0.2, 0.25) is 0 Å². The van der Waals surface area contributed by atoms with Crippen molar-refractivity contribution in [3.8, 4) is 11.5 Å². The van der Waals surface area contributed by atoms with Crippen LogP contribution in [0.25, 0.3) is 0 Å². The summed E-state index contributed by atoms with van der Waals surface area (Å²) in [6.45, 7) is 13.1. The number of halogens is 2. The van der Waals surface area contributed by atoms with Crippen LogP contribution in [-0.2, 0) is 13.2 Å². The number of hydrogen-bond donors (Lipinski definition) is 1. The molecule has 4 nitrogen and oxygen atoms in total. The molecule has 0 aliphatic rings. The van der Waals surface area contributed by atoms with Gasteiger partial charge in [0.1, 0.15) is 6.61 Å². The monoisotopic (exact) mass is 498 g/mol. The zero-order valence-corrected chi connectivity index (χ0v) is 22.3. The van der Waals surface area contributed by atoms with Crippen LogP contribution in [-0.4, -0.2) is 37.7 Å². The highest BCUT2D eigenvalue weighted by atomic mass is 35.5. The molecule has 33 heavy (non-hydrogen) atoms. The molecule has 2 aromatic rings. The van der Waals surface area contributed by atoms with Crippen molar-refractivity contribution in [3.05, 3.63) is 59.7 Å². The molecule has 0 unspecified atom stereocenters. The number of rotatable bonds is 17. The lowest BCUT2D eigenvalue weighted by atomic mass is 10.1. The summed E-state index contributed by atoms with van der Waals surface area (Å²) in [5, 5.41) is 3.61. The lowest BCUT2D eigenvalue weighted by Gasteiger charge is -2.22. The highest BCUT2D eigenvalue weighted by molar-refractivity contribution is 5.85. The number of nitrogens with one attached hydrogen (secondary N) is 1. The minimum Gasteiger partial charge on any atom is -0.490 e. The predicted octanol–water partition coefficient (Wildman–Crippen LogP) is 6.89. The zero-order valence-electron chi connectivity index (χ0n) is 20.7. The number of benzene rings is 2. The van der Waals surface area contributed by atoms with Gasteiger partial charge in [0.05, 0.1) is 6.61 Å². The van der Waals surface area contributed by atoms with Gasteiger partial charge in [-0.1, -0.05) is 69.2 Å². The molecule has 2 rings (SSSR count). The SMILES string of the molecule is CCCCN(CCCC)CCCNCc1cccc(OCC)c1OCc1ccccc1.Cl.Cl. The summed E-state index contributed by atoms with van der Waals surface area (Å²) in [5.41, 5.74) is 2.31. The Morgan fingerprint density at radius 3 is 2.06 bits per heavy atom. The van der Waals surface area contributed by atoms with E-state index in [0.717, 1.165) is 35.7 Å². The summed E-state index contributed by atoms with van der Waals surface area (Å²) in [4.78, 5) is 2.62. The fourth-order valence-corrected chi connectivity index (χ4v) is 3.61. The maximum absolute atomic E-state index is 6.22. The van der Waals surface area contributed by atoms with Crippen molar-refractivity contribution in [2.45, 2.75) is 66.0 Å². The van der Waals surface area contributed by atoms with Gasteiger partial charge in [-0.2, -0.15) is 0 Å². The minimum absolute atomic E-state index is 0. The molecule has 0 aromatic heterocycles. The maximum atomic E-state index is 6.22. The molecule has 0 aliphatic heterocycles. The molecule has 2 aromatic carbocycles. The normalized spacial score (nSPS) is 10.4. The molecule has 0 fully saturated rings. The zero-order chi connectivity index (χ0) is 22.2. The van der Waals surface area contributed by atoms with E-state index in [1.54, 1.807) is 0 Å². The van der Waals surface area contributed by atoms with Gasteiger partial charge in [-0.3, -0.25) is 0 Å². The quantitative estimate of drug-likeness (QED) is 0.240. The molecular weight excluding hydrogens is 455 g/mol. The van der Waals surface area contributed by atoms with E-state index in [9.17, 15) is 0 Å². The molecule has 1 N–H and O–H groups in total. The van der Waals surface area contributed by atoms with Gasteiger partial charge in [0.25, 0.3) is 0 Å². The lowest BCUT2D eigenvalue weighted by molar-refractivity contribution is 0.259. The second-order valence-electron chi connectivity index (χ2n) is 8.03. The summed E-state index contributed by atoms with van der Waals surface area (Å²) < 4.78 is 12.1. The predicted molar refractivity (Wildman–Crippen MR) is 145 cm³/mol.